The number of hydrogen-bond acceptors (Lipinski definition) is 1. The van der Waals surface area contributed by atoms with Crippen LogP contribution in [0.4, 0.5) is 26.3 Å². The Balaban J connectivity index is 2.27. The predicted molar refractivity (Wildman–Crippen MR) is 70.5 cm³/mol. The van der Waals surface area contributed by atoms with Crippen LogP contribution < -0.4 is 0 Å². The van der Waals surface area contributed by atoms with Gasteiger partial charge in [0, 0.05) is 16.3 Å². The van der Waals surface area contributed by atoms with Crippen LogP contribution in [0.5, 0.6) is 0 Å². The van der Waals surface area contributed by atoms with Crippen LogP contribution in [0, 0.1) is 6.07 Å². The number of fused-ring (bicyclic) bond motifs is 1. The topological polar surface area (TPSA) is 13.1 Å². The maximum atomic E-state index is 13.2. The van der Waals surface area contributed by atoms with E-state index in [1.807, 2.05) is 0 Å². The first-order valence-electron chi connectivity index (χ1n) is 6.34. The molecule has 3 rings (SSSR count). The fourth-order valence-electron chi connectivity index (χ4n) is 2.26. The summed E-state index contributed by atoms with van der Waals surface area (Å²) in [7, 11) is 0. The number of furan rings is 1. The van der Waals surface area contributed by atoms with E-state index in [0.717, 1.165) is 0 Å². The maximum absolute atomic E-state index is 13.2. The highest BCUT2D eigenvalue weighted by atomic mass is 19.4. The molecule has 3 aromatic rings. The van der Waals surface area contributed by atoms with E-state index in [9.17, 15) is 26.3 Å². The first-order valence-corrected chi connectivity index (χ1v) is 6.34. The summed E-state index contributed by atoms with van der Waals surface area (Å²) >= 11 is 0. The molecule has 23 heavy (non-hydrogen) atoms. The minimum absolute atomic E-state index is 0.0725. The van der Waals surface area contributed by atoms with Crippen molar-refractivity contribution >= 4 is 10.8 Å². The van der Waals surface area contributed by atoms with Crippen molar-refractivity contribution in [3.8, 4) is 11.3 Å². The van der Waals surface area contributed by atoms with Gasteiger partial charge in [0.2, 0.25) is 0 Å². The van der Waals surface area contributed by atoms with Gasteiger partial charge in [-0.05, 0) is 18.2 Å². The van der Waals surface area contributed by atoms with Gasteiger partial charge in [0.1, 0.15) is 5.76 Å². The zero-order valence-corrected chi connectivity index (χ0v) is 11.2. The number of hydrogen-bond donors (Lipinski definition) is 0. The molecular formula is C16H7F6O. The van der Waals surface area contributed by atoms with Crippen molar-refractivity contribution in [2.45, 2.75) is 12.4 Å². The van der Waals surface area contributed by atoms with E-state index in [4.69, 9.17) is 4.42 Å². The summed E-state index contributed by atoms with van der Waals surface area (Å²) in [5.41, 5.74) is -3.40. The van der Waals surface area contributed by atoms with Gasteiger partial charge < -0.3 is 4.42 Å². The normalized spacial score (nSPS) is 12.8. The van der Waals surface area contributed by atoms with Crippen LogP contribution in [0.3, 0.4) is 0 Å². The Hall–Kier alpha value is -2.44. The molecule has 0 saturated heterocycles. The van der Waals surface area contributed by atoms with Gasteiger partial charge in [-0.2, -0.15) is 26.3 Å². The van der Waals surface area contributed by atoms with Gasteiger partial charge in [0.25, 0.3) is 0 Å². The summed E-state index contributed by atoms with van der Waals surface area (Å²) in [6.07, 6.45) is -8.61. The van der Waals surface area contributed by atoms with Gasteiger partial charge in [-0.3, -0.25) is 0 Å². The summed E-state index contributed by atoms with van der Waals surface area (Å²) in [4.78, 5) is 0. The fourth-order valence-corrected chi connectivity index (χ4v) is 2.26. The molecule has 0 spiro atoms. The minimum atomic E-state index is -4.97. The van der Waals surface area contributed by atoms with Crippen molar-refractivity contribution in [1.82, 2.24) is 0 Å². The third-order valence-electron chi connectivity index (χ3n) is 3.31. The summed E-state index contributed by atoms with van der Waals surface area (Å²) in [6.45, 7) is 0. The van der Waals surface area contributed by atoms with E-state index in [-0.39, 0.29) is 11.8 Å². The Labute approximate surface area is 126 Å². The monoisotopic (exact) mass is 329 g/mol. The molecule has 0 aliphatic heterocycles. The molecule has 0 fully saturated rings. The zero-order valence-electron chi connectivity index (χ0n) is 11.2. The molecule has 0 unspecified atom stereocenters. The Kier molecular flexibility index (Phi) is 3.39. The number of benzene rings is 2. The highest BCUT2D eigenvalue weighted by Crippen LogP contribution is 2.42. The van der Waals surface area contributed by atoms with Crippen molar-refractivity contribution in [2.75, 3.05) is 0 Å². The molecule has 0 amide bonds. The van der Waals surface area contributed by atoms with Gasteiger partial charge in [-0.1, -0.05) is 24.3 Å². The third-order valence-corrected chi connectivity index (χ3v) is 3.31. The van der Waals surface area contributed by atoms with Crippen LogP contribution in [0.2, 0.25) is 0 Å². The molecule has 1 heterocycles. The van der Waals surface area contributed by atoms with Gasteiger partial charge in [-0.15, -0.1) is 0 Å². The van der Waals surface area contributed by atoms with E-state index < -0.39 is 29.0 Å². The Morgan fingerprint density at radius 2 is 1.61 bits per heavy atom. The quantitative estimate of drug-likeness (QED) is 0.504. The Morgan fingerprint density at radius 3 is 2.26 bits per heavy atom. The van der Waals surface area contributed by atoms with E-state index >= 15 is 0 Å². The maximum Gasteiger partial charge on any atom is 0.417 e. The Bertz CT molecular complexity index is 857. The van der Waals surface area contributed by atoms with Gasteiger partial charge in [0.15, 0.2) is 0 Å². The van der Waals surface area contributed by atoms with Crippen LogP contribution in [-0.4, -0.2) is 0 Å². The second-order valence-electron chi connectivity index (χ2n) is 4.82. The molecule has 0 N–H and O–H groups in total. The minimum Gasteiger partial charge on any atom is -0.463 e. The molecule has 1 aromatic heterocycles. The average molecular weight is 329 g/mol. The standard InChI is InChI=1S/C16H7F6O/c17-15(18,19)10-5-6-12(13(7-10)16(20,21)22)14-11-4-2-1-3-9(11)8-23-14/h1-5,7-8H. The highest BCUT2D eigenvalue weighted by Gasteiger charge is 2.39. The van der Waals surface area contributed by atoms with Crippen molar-refractivity contribution < 1.29 is 30.8 Å². The largest absolute Gasteiger partial charge is 0.463 e. The number of rotatable bonds is 1. The molecule has 0 aliphatic rings. The second-order valence-corrected chi connectivity index (χ2v) is 4.82. The summed E-state index contributed by atoms with van der Waals surface area (Å²) in [6, 6.07) is 9.06. The van der Waals surface area contributed by atoms with E-state index in [2.05, 4.69) is 6.07 Å². The van der Waals surface area contributed by atoms with Crippen molar-refractivity contribution in [2.24, 2.45) is 0 Å². The predicted octanol–water partition coefficient (Wildman–Crippen LogP) is 5.94. The molecule has 2 aromatic carbocycles. The first-order chi connectivity index (χ1) is 10.7. The molecular weight excluding hydrogens is 322 g/mol. The second kappa shape index (κ2) is 5.04. The van der Waals surface area contributed by atoms with E-state index in [1.165, 1.54) is 12.3 Å². The number of alkyl halides is 6. The first kappa shape index (κ1) is 15.5. The van der Waals surface area contributed by atoms with Crippen LogP contribution in [0.1, 0.15) is 11.1 Å². The Morgan fingerprint density at radius 1 is 0.913 bits per heavy atom. The van der Waals surface area contributed by atoms with Crippen LogP contribution in [-0.2, 0) is 12.4 Å². The molecule has 0 bridgehead atoms. The van der Waals surface area contributed by atoms with Crippen molar-refractivity contribution in [3.05, 3.63) is 59.9 Å². The van der Waals surface area contributed by atoms with Crippen LogP contribution in [0.15, 0.2) is 47.1 Å². The molecule has 1 nitrogen and oxygen atoms in total. The van der Waals surface area contributed by atoms with Gasteiger partial charge in [-0.25, -0.2) is 0 Å². The van der Waals surface area contributed by atoms with E-state index in [1.54, 1.807) is 18.2 Å². The summed E-state index contributed by atoms with van der Waals surface area (Å²) in [5.74, 6) is -0.165. The molecule has 7 heteroatoms. The van der Waals surface area contributed by atoms with Gasteiger partial charge in [0.05, 0.1) is 17.4 Å². The lowest BCUT2D eigenvalue weighted by atomic mass is 9.99. The lowest BCUT2D eigenvalue weighted by Crippen LogP contribution is -2.12. The SMILES string of the molecule is FC(F)(F)c1c[c]c(-c2occ3ccccc23)c(C(F)(F)F)c1. The molecule has 0 saturated carbocycles. The molecule has 1 radical (unpaired) electrons. The molecule has 0 aliphatic carbocycles. The molecule has 0 atom stereocenters. The lowest BCUT2D eigenvalue weighted by Gasteiger charge is -2.14. The summed E-state index contributed by atoms with van der Waals surface area (Å²) in [5, 5.41) is 0.915. The summed E-state index contributed by atoms with van der Waals surface area (Å²) < 4.78 is 82.7. The van der Waals surface area contributed by atoms with Crippen molar-refractivity contribution in [3.63, 3.8) is 0 Å². The highest BCUT2D eigenvalue weighted by molar-refractivity contribution is 5.94. The van der Waals surface area contributed by atoms with Crippen LogP contribution >= 0.6 is 0 Å². The van der Waals surface area contributed by atoms with Gasteiger partial charge >= 0.3 is 12.4 Å². The lowest BCUT2D eigenvalue weighted by molar-refractivity contribution is -0.142. The molecule has 119 valence electrons. The van der Waals surface area contributed by atoms with E-state index in [0.29, 0.717) is 16.8 Å². The number of halogens is 6. The fraction of sp³-hybridized carbons (Fsp3) is 0.125. The zero-order chi connectivity index (χ0) is 16.8. The third kappa shape index (κ3) is 2.78. The smallest absolute Gasteiger partial charge is 0.417 e. The van der Waals surface area contributed by atoms with Crippen molar-refractivity contribution in [1.29, 1.82) is 0 Å². The average Bonchev–Trinajstić information content (AvgIpc) is 2.88. The van der Waals surface area contributed by atoms with Crippen LogP contribution in [0.25, 0.3) is 22.1 Å².